The van der Waals surface area contributed by atoms with Crippen LogP contribution >= 0.6 is 0 Å². The molecule has 2 heterocycles. The number of hydrogen-bond acceptors (Lipinski definition) is 6. The molecule has 2 aromatic rings. The Morgan fingerprint density at radius 1 is 1.42 bits per heavy atom. The maximum absolute atomic E-state index is 12.5. The molecular weight excluding hydrogens is 336 g/mol. The average Bonchev–Trinajstić information content (AvgIpc) is 3.02. The van der Waals surface area contributed by atoms with Gasteiger partial charge in [0.2, 0.25) is 0 Å². The second kappa shape index (κ2) is 7.20. The Labute approximate surface area is 150 Å². The minimum absolute atomic E-state index is 0.0396. The van der Waals surface area contributed by atoms with E-state index in [0.717, 1.165) is 25.9 Å². The molecule has 3 rings (SSSR count). The Morgan fingerprint density at radius 2 is 2.15 bits per heavy atom. The van der Waals surface area contributed by atoms with Crippen LogP contribution in [0.4, 0.5) is 5.69 Å². The van der Waals surface area contributed by atoms with Gasteiger partial charge in [0.1, 0.15) is 0 Å². The van der Waals surface area contributed by atoms with E-state index in [4.69, 9.17) is 0 Å². The number of hydrogen-bond donors (Lipinski definition) is 2. The highest BCUT2D eigenvalue weighted by Crippen LogP contribution is 2.27. The normalized spacial score (nSPS) is 16.2. The molecule has 0 radical (unpaired) electrons. The van der Waals surface area contributed by atoms with E-state index in [1.54, 1.807) is 19.1 Å². The highest BCUT2D eigenvalue weighted by Gasteiger charge is 2.28. The van der Waals surface area contributed by atoms with Gasteiger partial charge in [-0.05, 0) is 44.3 Å². The first-order valence-electron chi connectivity index (χ1n) is 8.56. The first kappa shape index (κ1) is 18.0. The topological polar surface area (TPSA) is 115 Å². The number of nitrogens with zero attached hydrogens (tertiary/aromatic N) is 4. The van der Waals surface area contributed by atoms with Gasteiger partial charge in [-0.3, -0.25) is 14.9 Å². The van der Waals surface area contributed by atoms with Gasteiger partial charge in [-0.1, -0.05) is 18.2 Å². The Hall–Kier alpha value is -2.81. The van der Waals surface area contributed by atoms with Crippen molar-refractivity contribution in [2.24, 2.45) is 5.41 Å². The van der Waals surface area contributed by atoms with Gasteiger partial charge in [0.15, 0.2) is 5.69 Å². The molecule has 1 aliphatic heterocycles. The number of nitro groups is 1. The Balaban J connectivity index is 1.75. The van der Waals surface area contributed by atoms with Crippen LogP contribution in [0, 0.1) is 22.5 Å². The Morgan fingerprint density at radius 3 is 2.85 bits per heavy atom. The lowest BCUT2D eigenvalue weighted by Crippen LogP contribution is -2.43. The van der Waals surface area contributed by atoms with Crippen molar-refractivity contribution < 1.29 is 9.72 Å². The van der Waals surface area contributed by atoms with Crippen LogP contribution in [0.2, 0.25) is 0 Å². The largest absolute Gasteiger partial charge is 0.350 e. The fraction of sp³-hybridized carbons (Fsp3) is 0.471. The Kier molecular flexibility index (Phi) is 4.99. The number of non-ortho nitro benzene ring substituents is 1. The van der Waals surface area contributed by atoms with E-state index in [0.29, 0.717) is 17.9 Å². The van der Waals surface area contributed by atoms with Crippen LogP contribution in [0.5, 0.6) is 0 Å². The van der Waals surface area contributed by atoms with Gasteiger partial charge >= 0.3 is 0 Å². The maximum atomic E-state index is 12.5. The van der Waals surface area contributed by atoms with Gasteiger partial charge in [-0.2, -0.15) is 0 Å². The molecule has 26 heavy (non-hydrogen) atoms. The van der Waals surface area contributed by atoms with Crippen LogP contribution in [0.1, 0.15) is 35.9 Å². The number of aromatic nitrogens is 3. The quantitative estimate of drug-likeness (QED) is 0.620. The molecule has 9 nitrogen and oxygen atoms in total. The molecule has 1 amide bonds. The number of carbonyl (C=O) groups is 1. The van der Waals surface area contributed by atoms with Crippen LogP contribution in [-0.2, 0) is 0 Å². The van der Waals surface area contributed by atoms with Gasteiger partial charge < -0.3 is 10.6 Å². The second-order valence-corrected chi connectivity index (χ2v) is 6.96. The highest BCUT2D eigenvalue weighted by molar-refractivity contribution is 5.93. The van der Waals surface area contributed by atoms with E-state index in [9.17, 15) is 14.9 Å². The van der Waals surface area contributed by atoms with Gasteiger partial charge in [0, 0.05) is 18.7 Å². The van der Waals surface area contributed by atoms with E-state index in [2.05, 4.69) is 27.9 Å². The molecule has 9 heteroatoms. The minimum Gasteiger partial charge on any atom is -0.350 e. The first-order valence-corrected chi connectivity index (χ1v) is 8.56. The first-order chi connectivity index (χ1) is 12.4. The van der Waals surface area contributed by atoms with Gasteiger partial charge in [0.05, 0.1) is 16.3 Å². The fourth-order valence-electron chi connectivity index (χ4n) is 3.11. The number of nitro benzene ring substituents is 1. The molecule has 1 aromatic heterocycles. The molecule has 0 bridgehead atoms. The third kappa shape index (κ3) is 3.72. The zero-order valence-corrected chi connectivity index (χ0v) is 14.9. The number of piperidine rings is 1. The summed E-state index contributed by atoms with van der Waals surface area (Å²) in [5.74, 6) is -0.279. The standard InChI is InChI=1S/C17H22N6O3/c1-12-15(16(24)19-11-17(2)6-8-18-9-7-17)20-21-22(12)13-4-3-5-14(10-13)23(25)26/h3-5,10,18H,6-9,11H2,1-2H3,(H,19,24). The van der Waals surface area contributed by atoms with Crippen molar-refractivity contribution in [2.45, 2.75) is 26.7 Å². The molecule has 2 N–H and O–H groups in total. The lowest BCUT2D eigenvalue weighted by molar-refractivity contribution is -0.384. The predicted octanol–water partition coefficient (Wildman–Crippen LogP) is 1.60. The molecular formula is C17H22N6O3. The molecule has 138 valence electrons. The summed E-state index contributed by atoms with van der Waals surface area (Å²) in [6, 6.07) is 6.07. The summed E-state index contributed by atoms with van der Waals surface area (Å²) in [7, 11) is 0. The molecule has 1 fully saturated rings. The minimum atomic E-state index is -0.469. The van der Waals surface area contributed by atoms with Crippen LogP contribution in [0.3, 0.4) is 0 Å². The van der Waals surface area contributed by atoms with E-state index < -0.39 is 4.92 Å². The Bertz CT molecular complexity index is 826. The van der Waals surface area contributed by atoms with E-state index in [-0.39, 0.29) is 22.7 Å². The molecule has 0 unspecified atom stereocenters. The highest BCUT2D eigenvalue weighted by atomic mass is 16.6. The van der Waals surface area contributed by atoms with Crippen molar-refractivity contribution in [1.29, 1.82) is 0 Å². The van der Waals surface area contributed by atoms with Crippen LogP contribution in [0.15, 0.2) is 24.3 Å². The van der Waals surface area contributed by atoms with Gasteiger partial charge in [0.25, 0.3) is 11.6 Å². The third-order valence-corrected chi connectivity index (χ3v) is 4.88. The lowest BCUT2D eigenvalue weighted by atomic mass is 9.81. The number of rotatable bonds is 5. The van der Waals surface area contributed by atoms with Crippen molar-refractivity contribution in [1.82, 2.24) is 25.6 Å². The number of benzene rings is 1. The van der Waals surface area contributed by atoms with Gasteiger partial charge in [-0.25, -0.2) is 4.68 Å². The summed E-state index contributed by atoms with van der Waals surface area (Å²) in [6.07, 6.45) is 2.01. The molecule has 0 atom stereocenters. The summed E-state index contributed by atoms with van der Waals surface area (Å²) < 4.78 is 1.44. The molecule has 1 aromatic carbocycles. The number of amides is 1. The van der Waals surface area contributed by atoms with Crippen molar-refractivity contribution in [3.63, 3.8) is 0 Å². The molecule has 1 aliphatic rings. The zero-order valence-electron chi connectivity index (χ0n) is 14.9. The molecule has 1 saturated heterocycles. The smallest absolute Gasteiger partial charge is 0.273 e. The van der Waals surface area contributed by atoms with Crippen molar-refractivity contribution in [3.8, 4) is 5.69 Å². The van der Waals surface area contributed by atoms with E-state index in [1.807, 2.05) is 0 Å². The van der Waals surface area contributed by atoms with Crippen molar-refractivity contribution >= 4 is 11.6 Å². The fourth-order valence-corrected chi connectivity index (χ4v) is 3.11. The maximum Gasteiger partial charge on any atom is 0.273 e. The molecule has 0 aliphatic carbocycles. The number of carbonyl (C=O) groups excluding carboxylic acids is 1. The summed E-state index contributed by atoms with van der Waals surface area (Å²) in [6.45, 7) is 6.38. The SMILES string of the molecule is Cc1c(C(=O)NCC2(C)CCNCC2)nnn1-c1cccc([N+](=O)[O-])c1. The molecule has 0 saturated carbocycles. The summed E-state index contributed by atoms with van der Waals surface area (Å²) in [4.78, 5) is 23.0. The molecule has 0 spiro atoms. The van der Waals surface area contributed by atoms with Crippen molar-refractivity contribution in [2.75, 3.05) is 19.6 Å². The van der Waals surface area contributed by atoms with E-state index >= 15 is 0 Å². The predicted molar refractivity (Wildman–Crippen MR) is 95.3 cm³/mol. The average molecular weight is 358 g/mol. The summed E-state index contributed by atoms with van der Waals surface area (Å²) >= 11 is 0. The van der Waals surface area contributed by atoms with Crippen LogP contribution in [0.25, 0.3) is 5.69 Å². The van der Waals surface area contributed by atoms with E-state index in [1.165, 1.54) is 16.8 Å². The van der Waals surface area contributed by atoms with Crippen molar-refractivity contribution in [3.05, 3.63) is 45.8 Å². The van der Waals surface area contributed by atoms with Crippen LogP contribution < -0.4 is 10.6 Å². The second-order valence-electron chi connectivity index (χ2n) is 6.96. The summed E-state index contributed by atoms with van der Waals surface area (Å²) in [5, 5.41) is 25.2. The number of nitrogens with one attached hydrogen (secondary N) is 2. The lowest BCUT2D eigenvalue weighted by Gasteiger charge is -2.34. The zero-order chi connectivity index (χ0) is 18.7. The van der Waals surface area contributed by atoms with Crippen LogP contribution in [-0.4, -0.2) is 45.5 Å². The summed E-state index contributed by atoms with van der Waals surface area (Å²) in [5.41, 5.74) is 1.30. The third-order valence-electron chi connectivity index (χ3n) is 4.88. The monoisotopic (exact) mass is 358 g/mol. The van der Waals surface area contributed by atoms with Gasteiger partial charge in [-0.15, -0.1) is 5.10 Å².